The van der Waals surface area contributed by atoms with Crippen molar-refractivity contribution < 1.29 is 9.90 Å². The minimum Gasteiger partial charge on any atom is -0.507 e. The van der Waals surface area contributed by atoms with Crippen LogP contribution in [0.3, 0.4) is 0 Å². The Bertz CT molecular complexity index is 843. The maximum Gasteiger partial charge on any atom is 0.261 e. The lowest BCUT2D eigenvalue weighted by Crippen LogP contribution is -2.26. The van der Waals surface area contributed by atoms with E-state index < -0.39 is 0 Å². The third-order valence-electron chi connectivity index (χ3n) is 3.61. The number of aromatic hydroxyl groups is 1. The van der Waals surface area contributed by atoms with E-state index in [1.165, 1.54) is 4.90 Å². The van der Waals surface area contributed by atoms with Crippen LogP contribution in [0.1, 0.15) is 10.4 Å². The van der Waals surface area contributed by atoms with E-state index in [0.29, 0.717) is 10.7 Å². The minimum absolute atomic E-state index is 0.0236. The molecule has 0 spiro atoms. The highest BCUT2D eigenvalue weighted by Crippen LogP contribution is 2.27. The van der Waals surface area contributed by atoms with E-state index in [0.717, 1.165) is 10.8 Å². The number of nitrogens with zero attached hydrogens (tertiary/aromatic N) is 1. The molecular formula is C18H14ClNO2. The van der Waals surface area contributed by atoms with Crippen LogP contribution in [0.5, 0.6) is 5.75 Å². The van der Waals surface area contributed by atoms with Crippen LogP contribution in [0.4, 0.5) is 5.69 Å². The van der Waals surface area contributed by atoms with Crippen molar-refractivity contribution in [1.82, 2.24) is 0 Å². The Morgan fingerprint density at radius 1 is 1.00 bits per heavy atom. The fourth-order valence-electron chi connectivity index (χ4n) is 2.36. The van der Waals surface area contributed by atoms with Crippen LogP contribution < -0.4 is 4.90 Å². The molecule has 0 aliphatic heterocycles. The predicted octanol–water partition coefficient (Wildman–Crippen LogP) is 4.48. The first-order valence-electron chi connectivity index (χ1n) is 6.81. The highest BCUT2D eigenvalue weighted by atomic mass is 35.5. The van der Waals surface area contributed by atoms with Gasteiger partial charge in [0, 0.05) is 17.8 Å². The molecule has 0 aliphatic rings. The molecule has 0 heterocycles. The molecule has 3 aromatic rings. The van der Waals surface area contributed by atoms with Crippen LogP contribution in [-0.2, 0) is 0 Å². The summed E-state index contributed by atoms with van der Waals surface area (Å²) in [6, 6.07) is 17.9. The maximum absolute atomic E-state index is 12.6. The fraction of sp³-hybridized carbons (Fsp3) is 0.0556. The molecule has 1 amide bonds. The summed E-state index contributed by atoms with van der Waals surface area (Å²) < 4.78 is 0. The van der Waals surface area contributed by atoms with Crippen molar-refractivity contribution in [1.29, 1.82) is 0 Å². The Kier molecular flexibility index (Phi) is 3.73. The zero-order valence-corrected chi connectivity index (χ0v) is 12.7. The zero-order valence-electron chi connectivity index (χ0n) is 12.0. The van der Waals surface area contributed by atoms with Crippen LogP contribution >= 0.6 is 11.6 Å². The minimum atomic E-state index is -0.273. The summed E-state index contributed by atoms with van der Waals surface area (Å²) in [4.78, 5) is 14.1. The number of hydrogen-bond acceptors (Lipinski definition) is 2. The number of carbonyl (C=O) groups excluding carboxylic acids is 1. The monoisotopic (exact) mass is 311 g/mol. The molecule has 0 aliphatic carbocycles. The number of carbonyl (C=O) groups is 1. The molecule has 0 unspecified atom stereocenters. The zero-order chi connectivity index (χ0) is 15.7. The van der Waals surface area contributed by atoms with Crippen molar-refractivity contribution in [3.05, 3.63) is 71.2 Å². The first-order valence-corrected chi connectivity index (χ1v) is 7.19. The lowest BCUT2D eigenvalue weighted by Gasteiger charge is -2.18. The Labute approximate surface area is 133 Å². The molecule has 0 saturated carbocycles. The highest BCUT2D eigenvalue weighted by molar-refractivity contribution is 6.30. The van der Waals surface area contributed by atoms with Gasteiger partial charge in [0.25, 0.3) is 5.91 Å². The Balaban J connectivity index is 2.00. The molecule has 3 rings (SSSR count). The first kappa shape index (κ1) is 14.4. The number of amides is 1. The lowest BCUT2D eigenvalue weighted by molar-refractivity contribution is 0.0990. The van der Waals surface area contributed by atoms with Gasteiger partial charge in [0.05, 0.1) is 5.56 Å². The largest absolute Gasteiger partial charge is 0.507 e. The Morgan fingerprint density at radius 2 is 1.59 bits per heavy atom. The number of rotatable bonds is 2. The average Bonchev–Trinajstić information content (AvgIpc) is 2.53. The molecule has 4 heteroatoms. The van der Waals surface area contributed by atoms with Crippen LogP contribution in [-0.4, -0.2) is 18.1 Å². The topological polar surface area (TPSA) is 40.5 Å². The van der Waals surface area contributed by atoms with Crippen molar-refractivity contribution in [2.45, 2.75) is 0 Å². The molecule has 0 fully saturated rings. The van der Waals surface area contributed by atoms with E-state index >= 15 is 0 Å². The van der Waals surface area contributed by atoms with Crippen LogP contribution in [0.15, 0.2) is 60.7 Å². The molecule has 0 aromatic heterocycles. The molecule has 0 saturated heterocycles. The van der Waals surface area contributed by atoms with Crippen LogP contribution in [0.2, 0.25) is 5.02 Å². The Morgan fingerprint density at radius 3 is 2.23 bits per heavy atom. The van der Waals surface area contributed by atoms with E-state index in [2.05, 4.69) is 0 Å². The smallest absolute Gasteiger partial charge is 0.261 e. The van der Waals surface area contributed by atoms with Crippen molar-refractivity contribution >= 4 is 34.0 Å². The standard InChI is InChI=1S/C18H14ClNO2/c1-20(15-8-6-14(19)7-9-15)18(22)16-10-12-4-2-3-5-13(12)11-17(16)21/h2-11,21H,1H3. The summed E-state index contributed by atoms with van der Waals surface area (Å²) in [5.41, 5.74) is 0.984. The van der Waals surface area contributed by atoms with Gasteiger partial charge >= 0.3 is 0 Å². The number of phenolic OH excluding ortho intramolecular Hbond substituents is 1. The van der Waals surface area contributed by atoms with Gasteiger partial charge in [0.15, 0.2) is 0 Å². The van der Waals surface area contributed by atoms with Gasteiger partial charge in [0.1, 0.15) is 5.75 Å². The second-order valence-electron chi connectivity index (χ2n) is 5.06. The van der Waals surface area contributed by atoms with Gasteiger partial charge in [-0.2, -0.15) is 0 Å². The maximum atomic E-state index is 12.6. The highest BCUT2D eigenvalue weighted by Gasteiger charge is 2.18. The Hall–Kier alpha value is -2.52. The van der Waals surface area contributed by atoms with Crippen LogP contribution in [0.25, 0.3) is 10.8 Å². The van der Waals surface area contributed by atoms with Gasteiger partial charge in [-0.3, -0.25) is 4.79 Å². The summed E-state index contributed by atoms with van der Waals surface area (Å²) in [6.45, 7) is 0. The second kappa shape index (κ2) is 5.70. The van der Waals surface area contributed by atoms with Gasteiger partial charge in [-0.05, 0) is 47.2 Å². The molecule has 1 N–H and O–H groups in total. The van der Waals surface area contributed by atoms with Gasteiger partial charge in [-0.15, -0.1) is 0 Å². The normalized spacial score (nSPS) is 10.6. The summed E-state index contributed by atoms with van der Waals surface area (Å²) >= 11 is 5.86. The third kappa shape index (κ3) is 2.63. The van der Waals surface area contributed by atoms with Crippen molar-refractivity contribution in [3.8, 4) is 5.75 Å². The van der Waals surface area contributed by atoms with Gasteiger partial charge in [-0.25, -0.2) is 0 Å². The number of hydrogen-bond donors (Lipinski definition) is 1. The van der Waals surface area contributed by atoms with Crippen molar-refractivity contribution in [3.63, 3.8) is 0 Å². The molecule has 22 heavy (non-hydrogen) atoms. The van der Waals surface area contributed by atoms with E-state index in [1.54, 1.807) is 43.4 Å². The molecule has 0 bridgehead atoms. The summed E-state index contributed by atoms with van der Waals surface area (Å²) in [7, 11) is 1.67. The third-order valence-corrected chi connectivity index (χ3v) is 3.86. The van der Waals surface area contributed by atoms with E-state index in [9.17, 15) is 9.90 Å². The SMILES string of the molecule is CN(C(=O)c1cc2ccccc2cc1O)c1ccc(Cl)cc1. The second-order valence-corrected chi connectivity index (χ2v) is 5.49. The molecule has 3 nitrogen and oxygen atoms in total. The molecule has 0 radical (unpaired) electrons. The van der Waals surface area contributed by atoms with Gasteiger partial charge in [0.2, 0.25) is 0 Å². The summed E-state index contributed by atoms with van der Waals surface area (Å²) in [6.07, 6.45) is 0. The summed E-state index contributed by atoms with van der Waals surface area (Å²) in [5.74, 6) is -0.296. The van der Waals surface area contributed by atoms with Crippen molar-refractivity contribution in [2.24, 2.45) is 0 Å². The van der Waals surface area contributed by atoms with E-state index in [1.807, 2.05) is 24.3 Å². The molecule has 3 aromatic carbocycles. The fourth-order valence-corrected chi connectivity index (χ4v) is 2.49. The van der Waals surface area contributed by atoms with Crippen molar-refractivity contribution in [2.75, 3.05) is 11.9 Å². The quantitative estimate of drug-likeness (QED) is 0.758. The number of benzene rings is 3. The number of phenols is 1. The average molecular weight is 312 g/mol. The predicted molar refractivity (Wildman–Crippen MR) is 89.8 cm³/mol. The van der Waals surface area contributed by atoms with Gasteiger partial charge in [-0.1, -0.05) is 35.9 Å². The molecule has 110 valence electrons. The first-order chi connectivity index (χ1) is 10.6. The van der Waals surface area contributed by atoms with Gasteiger partial charge < -0.3 is 10.0 Å². The van der Waals surface area contributed by atoms with E-state index in [4.69, 9.17) is 11.6 Å². The van der Waals surface area contributed by atoms with E-state index in [-0.39, 0.29) is 17.2 Å². The number of halogens is 1. The summed E-state index contributed by atoms with van der Waals surface area (Å²) in [5, 5.41) is 12.6. The van der Waals surface area contributed by atoms with Crippen LogP contribution in [0, 0.1) is 0 Å². The molecule has 0 atom stereocenters. The number of anilines is 1. The lowest BCUT2D eigenvalue weighted by atomic mass is 10.0. The number of fused-ring (bicyclic) bond motifs is 1. The molecular weight excluding hydrogens is 298 g/mol.